The van der Waals surface area contributed by atoms with Crippen molar-refractivity contribution in [1.29, 1.82) is 0 Å². The number of nitrogens with one attached hydrogen (secondary N) is 1. The average Bonchev–Trinajstić information content (AvgIpc) is 2.56. The Labute approximate surface area is 134 Å². The molecule has 6 nitrogen and oxygen atoms in total. The van der Waals surface area contributed by atoms with Crippen molar-refractivity contribution in [2.75, 3.05) is 12.4 Å². The number of ether oxygens (including phenoxy) is 1. The molecule has 1 N–H and O–H groups in total. The molecule has 2 aromatic rings. The number of anilines is 1. The summed E-state index contributed by atoms with van der Waals surface area (Å²) in [4.78, 5) is 22.8. The maximum absolute atomic E-state index is 12.5. The number of nitro groups is 1. The van der Waals surface area contributed by atoms with Gasteiger partial charge in [0.2, 0.25) is 5.91 Å². The number of nitro benzene ring substituents is 1. The molecule has 6 heteroatoms. The van der Waals surface area contributed by atoms with E-state index in [0.717, 1.165) is 5.56 Å². The summed E-state index contributed by atoms with van der Waals surface area (Å²) in [5.41, 5.74) is 1.25. The van der Waals surface area contributed by atoms with Crippen LogP contribution in [0.2, 0.25) is 0 Å². The van der Waals surface area contributed by atoms with Crippen LogP contribution in [0.5, 0.6) is 5.75 Å². The molecule has 0 radical (unpaired) electrons. The van der Waals surface area contributed by atoms with E-state index in [9.17, 15) is 14.9 Å². The van der Waals surface area contributed by atoms with Crippen molar-refractivity contribution in [3.05, 3.63) is 64.2 Å². The van der Waals surface area contributed by atoms with Gasteiger partial charge in [-0.1, -0.05) is 37.3 Å². The van der Waals surface area contributed by atoms with Gasteiger partial charge >= 0.3 is 0 Å². The van der Waals surface area contributed by atoms with Gasteiger partial charge in [0.15, 0.2) is 0 Å². The van der Waals surface area contributed by atoms with Gasteiger partial charge in [-0.3, -0.25) is 14.9 Å². The molecule has 0 saturated heterocycles. The first-order chi connectivity index (χ1) is 11.1. The van der Waals surface area contributed by atoms with Crippen LogP contribution in [0.15, 0.2) is 48.5 Å². The Balaban J connectivity index is 2.23. The summed E-state index contributed by atoms with van der Waals surface area (Å²) in [5, 5.41) is 13.6. The van der Waals surface area contributed by atoms with Crippen LogP contribution >= 0.6 is 0 Å². The van der Waals surface area contributed by atoms with E-state index in [4.69, 9.17) is 4.74 Å². The molecule has 2 aromatic carbocycles. The fraction of sp³-hybridized carbons (Fsp3) is 0.235. The van der Waals surface area contributed by atoms with Gasteiger partial charge in [-0.25, -0.2) is 0 Å². The number of hydrogen-bond donors (Lipinski definition) is 1. The van der Waals surface area contributed by atoms with E-state index < -0.39 is 4.92 Å². The van der Waals surface area contributed by atoms with Gasteiger partial charge < -0.3 is 10.1 Å². The third kappa shape index (κ3) is 3.85. The van der Waals surface area contributed by atoms with Crippen molar-refractivity contribution >= 4 is 17.3 Å². The van der Waals surface area contributed by atoms with Gasteiger partial charge in [0.05, 0.1) is 29.7 Å². The molecule has 0 aliphatic carbocycles. The largest absolute Gasteiger partial charge is 0.494 e. The molecule has 0 fully saturated rings. The third-order valence-corrected chi connectivity index (χ3v) is 3.58. The summed E-state index contributed by atoms with van der Waals surface area (Å²) >= 11 is 0. The Bertz CT molecular complexity index is 701. The van der Waals surface area contributed by atoms with E-state index in [0.29, 0.717) is 12.1 Å². The topological polar surface area (TPSA) is 81.5 Å². The molecule has 2 rings (SSSR count). The number of nitrogens with zero attached hydrogens (tertiary/aromatic N) is 1. The molecular formula is C17H18N2O4. The Morgan fingerprint density at radius 3 is 2.52 bits per heavy atom. The van der Waals surface area contributed by atoms with Crippen molar-refractivity contribution < 1.29 is 14.5 Å². The predicted molar refractivity (Wildman–Crippen MR) is 87.8 cm³/mol. The summed E-state index contributed by atoms with van der Waals surface area (Å²) in [6.45, 7) is 1.93. The molecule has 23 heavy (non-hydrogen) atoms. The quantitative estimate of drug-likeness (QED) is 0.650. The van der Waals surface area contributed by atoms with Crippen LogP contribution in [0.3, 0.4) is 0 Å². The molecule has 0 saturated carbocycles. The van der Waals surface area contributed by atoms with Gasteiger partial charge in [0, 0.05) is 6.07 Å². The highest BCUT2D eigenvalue weighted by Crippen LogP contribution is 2.30. The SMILES string of the molecule is CC[C@H](C(=O)Nc1ccc([N+](=O)[O-])cc1OC)c1ccccc1. The van der Waals surface area contributed by atoms with E-state index in [1.165, 1.54) is 25.3 Å². The highest BCUT2D eigenvalue weighted by atomic mass is 16.6. The van der Waals surface area contributed by atoms with Crippen molar-refractivity contribution in [3.8, 4) is 5.75 Å². The second-order valence-corrected chi connectivity index (χ2v) is 5.00. The van der Waals surface area contributed by atoms with Crippen molar-refractivity contribution in [2.24, 2.45) is 0 Å². The molecule has 0 aliphatic heterocycles. The Hall–Kier alpha value is -2.89. The fourth-order valence-electron chi connectivity index (χ4n) is 2.37. The minimum atomic E-state index is -0.507. The molecule has 0 bridgehead atoms. The monoisotopic (exact) mass is 314 g/mol. The van der Waals surface area contributed by atoms with Crippen molar-refractivity contribution in [1.82, 2.24) is 0 Å². The first-order valence-electron chi connectivity index (χ1n) is 7.25. The third-order valence-electron chi connectivity index (χ3n) is 3.58. The minimum absolute atomic E-state index is 0.0880. The van der Waals surface area contributed by atoms with E-state index in [1.54, 1.807) is 0 Å². The number of non-ortho nitro benzene ring substituents is 1. The van der Waals surface area contributed by atoms with Crippen molar-refractivity contribution in [3.63, 3.8) is 0 Å². The fourth-order valence-corrected chi connectivity index (χ4v) is 2.37. The van der Waals surface area contributed by atoms with Gasteiger partial charge in [0.1, 0.15) is 5.75 Å². The van der Waals surface area contributed by atoms with Crippen LogP contribution in [0.4, 0.5) is 11.4 Å². The highest BCUT2D eigenvalue weighted by Gasteiger charge is 2.20. The van der Waals surface area contributed by atoms with Gasteiger partial charge in [-0.05, 0) is 18.1 Å². The van der Waals surface area contributed by atoms with E-state index in [2.05, 4.69) is 5.32 Å². The van der Waals surface area contributed by atoms with Gasteiger partial charge in [-0.15, -0.1) is 0 Å². The number of hydrogen-bond acceptors (Lipinski definition) is 4. The maximum Gasteiger partial charge on any atom is 0.273 e. The molecule has 0 heterocycles. The lowest BCUT2D eigenvalue weighted by Crippen LogP contribution is -2.21. The summed E-state index contributed by atoms with van der Waals surface area (Å²) in [6.07, 6.45) is 0.644. The predicted octanol–water partition coefficient (Wildman–Crippen LogP) is 3.74. The Morgan fingerprint density at radius 1 is 1.26 bits per heavy atom. The molecule has 0 aromatic heterocycles. The number of carbonyl (C=O) groups is 1. The lowest BCUT2D eigenvalue weighted by atomic mass is 9.95. The minimum Gasteiger partial charge on any atom is -0.494 e. The van der Waals surface area contributed by atoms with Crippen LogP contribution in [0.1, 0.15) is 24.8 Å². The number of amides is 1. The first kappa shape index (κ1) is 16.5. The smallest absolute Gasteiger partial charge is 0.273 e. The molecule has 1 amide bonds. The zero-order valence-corrected chi connectivity index (χ0v) is 13.0. The Morgan fingerprint density at radius 2 is 1.96 bits per heavy atom. The normalized spacial score (nSPS) is 11.6. The summed E-state index contributed by atoms with van der Waals surface area (Å²) in [7, 11) is 1.41. The number of carbonyl (C=O) groups excluding carboxylic acids is 1. The number of methoxy groups -OCH3 is 1. The lowest BCUT2D eigenvalue weighted by Gasteiger charge is -2.16. The molecule has 0 unspecified atom stereocenters. The van der Waals surface area contributed by atoms with Crippen LogP contribution in [-0.2, 0) is 4.79 Å². The maximum atomic E-state index is 12.5. The summed E-state index contributed by atoms with van der Waals surface area (Å²) in [6, 6.07) is 13.6. The standard InChI is InChI=1S/C17H18N2O4/c1-3-14(12-7-5-4-6-8-12)17(20)18-15-10-9-13(19(21)22)11-16(15)23-2/h4-11,14H,3H2,1-2H3,(H,18,20)/t14-/m0/s1. The van der Waals surface area contributed by atoms with E-state index >= 15 is 0 Å². The molecule has 1 atom stereocenters. The van der Waals surface area contributed by atoms with Crippen LogP contribution in [0.25, 0.3) is 0 Å². The van der Waals surface area contributed by atoms with Crippen LogP contribution < -0.4 is 10.1 Å². The number of benzene rings is 2. The molecule has 0 aliphatic rings. The highest BCUT2D eigenvalue weighted by molar-refractivity contribution is 5.97. The zero-order chi connectivity index (χ0) is 16.8. The van der Waals surface area contributed by atoms with Crippen molar-refractivity contribution in [2.45, 2.75) is 19.3 Å². The second kappa shape index (κ2) is 7.40. The van der Waals surface area contributed by atoms with Crippen LogP contribution in [-0.4, -0.2) is 17.9 Å². The van der Waals surface area contributed by atoms with E-state index in [-0.39, 0.29) is 23.3 Å². The zero-order valence-electron chi connectivity index (χ0n) is 13.0. The average molecular weight is 314 g/mol. The first-order valence-corrected chi connectivity index (χ1v) is 7.25. The molecular weight excluding hydrogens is 296 g/mol. The molecule has 120 valence electrons. The van der Waals surface area contributed by atoms with Crippen LogP contribution in [0, 0.1) is 10.1 Å². The molecule has 0 spiro atoms. The second-order valence-electron chi connectivity index (χ2n) is 5.00. The lowest BCUT2D eigenvalue weighted by molar-refractivity contribution is -0.384. The summed E-state index contributed by atoms with van der Waals surface area (Å²) in [5.74, 6) is -0.211. The van der Waals surface area contributed by atoms with Gasteiger partial charge in [-0.2, -0.15) is 0 Å². The van der Waals surface area contributed by atoms with Gasteiger partial charge in [0.25, 0.3) is 5.69 Å². The Kier molecular flexibility index (Phi) is 5.30. The van der Waals surface area contributed by atoms with E-state index in [1.807, 2.05) is 37.3 Å². The summed E-state index contributed by atoms with van der Waals surface area (Å²) < 4.78 is 5.14. The number of rotatable bonds is 6.